The van der Waals surface area contributed by atoms with Gasteiger partial charge in [-0.25, -0.2) is 4.98 Å². The summed E-state index contributed by atoms with van der Waals surface area (Å²) in [5.74, 6) is -1.23. The van der Waals surface area contributed by atoms with E-state index >= 15 is 0 Å². The first-order valence-corrected chi connectivity index (χ1v) is 8.73. The number of nitrogens with zero attached hydrogens (tertiary/aromatic N) is 2. The van der Waals surface area contributed by atoms with Crippen molar-refractivity contribution in [2.45, 2.75) is 13.3 Å². The molecule has 0 aliphatic heterocycles. The van der Waals surface area contributed by atoms with Gasteiger partial charge < -0.3 is 10.0 Å². The van der Waals surface area contributed by atoms with Crippen molar-refractivity contribution in [3.63, 3.8) is 0 Å². The maximum atomic E-state index is 12.1. The van der Waals surface area contributed by atoms with Gasteiger partial charge in [0.15, 0.2) is 0 Å². The molecule has 0 aliphatic carbocycles. The molecule has 0 spiro atoms. The number of carboxylic acid groups (broad SMARTS) is 1. The maximum absolute atomic E-state index is 12.1. The van der Waals surface area contributed by atoms with Crippen LogP contribution < -0.4 is 0 Å². The summed E-state index contributed by atoms with van der Waals surface area (Å²) >= 11 is 6.46. The van der Waals surface area contributed by atoms with E-state index in [0.29, 0.717) is 12.2 Å². The van der Waals surface area contributed by atoms with Crippen LogP contribution in [0.3, 0.4) is 0 Å². The molecule has 0 radical (unpaired) electrons. The molecule has 2 aromatic heterocycles. The van der Waals surface area contributed by atoms with Crippen LogP contribution in [-0.2, 0) is 16.0 Å². The van der Waals surface area contributed by atoms with E-state index in [0.717, 1.165) is 14.4 Å². The highest BCUT2D eigenvalue weighted by Crippen LogP contribution is 2.32. The van der Waals surface area contributed by atoms with Crippen LogP contribution in [0.15, 0.2) is 21.3 Å². The fraction of sp³-hybridized carbons (Fsp3) is 0.308. The zero-order chi connectivity index (χ0) is 15.4. The summed E-state index contributed by atoms with van der Waals surface area (Å²) in [6, 6.07) is 1.98. The highest BCUT2D eigenvalue weighted by molar-refractivity contribution is 9.10. The van der Waals surface area contributed by atoms with E-state index in [-0.39, 0.29) is 18.9 Å². The maximum Gasteiger partial charge on any atom is 0.323 e. The third-order valence-corrected chi connectivity index (χ3v) is 5.47. The lowest BCUT2D eigenvalue weighted by Crippen LogP contribution is -2.36. The number of halogens is 1. The van der Waals surface area contributed by atoms with E-state index in [9.17, 15) is 9.59 Å². The molecule has 2 heterocycles. The standard InChI is InChI=1S/C13H13BrN2O3S2/c1-2-16(5-12(18)19)11(17)4-9-7-21-13(15-9)10-3-8(14)6-20-10/h3,6-7H,2,4-5H2,1H3,(H,18,19). The SMILES string of the molecule is CCN(CC(=O)O)C(=O)Cc1csc(-c2cc(Br)cs2)n1. The highest BCUT2D eigenvalue weighted by atomic mass is 79.9. The zero-order valence-electron chi connectivity index (χ0n) is 11.2. The van der Waals surface area contributed by atoms with Crippen molar-refractivity contribution in [2.24, 2.45) is 0 Å². The quantitative estimate of drug-likeness (QED) is 0.824. The number of thiophene rings is 1. The first-order valence-electron chi connectivity index (χ1n) is 6.18. The zero-order valence-corrected chi connectivity index (χ0v) is 14.4. The summed E-state index contributed by atoms with van der Waals surface area (Å²) in [5, 5.41) is 13.5. The molecule has 0 bridgehead atoms. The Morgan fingerprint density at radius 2 is 2.14 bits per heavy atom. The number of carboxylic acids is 1. The topological polar surface area (TPSA) is 70.5 Å². The number of rotatable bonds is 6. The Kier molecular flexibility index (Phi) is 5.49. The Balaban J connectivity index is 2.05. The van der Waals surface area contributed by atoms with Gasteiger partial charge in [-0.3, -0.25) is 9.59 Å². The molecule has 112 valence electrons. The van der Waals surface area contributed by atoms with Gasteiger partial charge in [0.25, 0.3) is 0 Å². The van der Waals surface area contributed by atoms with Crippen molar-refractivity contribution in [1.82, 2.24) is 9.88 Å². The molecule has 0 saturated carbocycles. The van der Waals surface area contributed by atoms with Gasteiger partial charge >= 0.3 is 5.97 Å². The summed E-state index contributed by atoms with van der Waals surface area (Å²) in [4.78, 5) is 29.6. The lowest BCUT2D eigenvalue weighted by molar-refractivity contribution is -0.144. The Hall–Kier alpha value is -1.25. The molecule has 0 atom stereocenters. The van der Waals surface area contributed by atoms with E-state index in [4.69, 9.17) is 5.11 Å². The number of aliphatic carboxylic acids is 1. The van der Waals surface area contributed by atoms with Crippen LogP contribution in [0.25, 0.3) is 9.88 Å². The Morgan fingerprint density at radius 3 is 2.71 bits per heavy atom. The largest absolute Gasteiger partial charge is 0.480 e. The summed E-state index contributed by atoms with van der Waals surface area (Å²) in [6.07, 6.45) is 0.129. The van der Waals surface area contributed by atoms with Crippen LogP contribution in [0, 0.1) is 0 Å². The van der Waals surface area contributed by atoms with Crippen molar-refractivity contribution in [2.75, 3.05) is 13.1 Å². The van der Waals surface area contributed by atoms with Gasteiger partial charge in [0.1, 0.15) is 11.6 Å². The molecular weight excluding hydrogens is 376 g/mol. The molecular formula is C13H13BrN2O3S2. The van der Waals surface area contributed by atoms with Crippen molar-refractivity contribution in [1.29, 1.82) is 0 Å². The number of hydrogen-bond acceptors (Lipinski definition) is 5. The van der Waals surface area contributed by atoms with Crippen LogP contribution in [0.5, 0.6) is 0 Å². The second kappa shape index (κ2) is 7.15. The number of carbonyl (C=O) groups is 2. The molecule has 0 fully saturated rings. The number of aromatic nitrogens is 1. The van der Waals surface area contributed by atoms with Gasteiger partial charge in [0.05, 0.1) is 17.0 Å². The van der Waals surface area contributed by atoms with E-state index in [1.165, 1.54) is 16.2 Å². The van der Waals surface area contributed by atoms with E-state index in [1.54, 1.807) is 18.3 Å². The van der Waals surface area contributed by atoms with Crippen LogP contribution in [-0.4, -0.2) is 40.0 Å². The lowest BCUT2D eigenvalue weighted by atomic mass is 10.3. The van der Waals surface area contributed by atoms with Gasteiger partial charge in [0, 0.05) is 21.8 Å². The Labute approximate surface area is 138 Å². The number of amides is 1. The predicted molar refractivity (Wildman–Crippen MR) is 86.7 cm³/mol. The smallest absolute Gasteiger partial charge is 0.323 e. The lowest BCUT2D eigenvalue weighted by Gasteiger charge is -2.17. The second-order valence-electron chi connectivity index (χ2n) is 4.25. The van der Waals surface area contributed by atoms with E-state index in [2.05, 4.69) is 20.9 Å². The fourth-order valence-electron chi connectivity index (χ4n) is 1.73. The predicted octanol–water partition coefficient (Wildman–Crippen LogP) is 3.11. The average Bonchev–Trinajstić information content (AvgIpc) is 3.04. The molecule has 0 unspecified atom stereocenters. The minimum Gasteiger partial charge on any atom is -0.480 e. The first-order chi connectivity index (χ1) is 9.99. The Bertz CT molecular complexity index is 653. The third kappa shape index (κ3) is 4.36. The molecule has 5 nitrogen and oxygen atoms in total. The molecule has 2 aromatic rings. The minimum atomic E-state index is -1.01. The summed E-state index contributed by atoms with van der Waals surface area (Å²) in [5.41, 5.74) is 0.674. The van der Waals surface area contributed by atoms with E-state index in [1.807, 2.05) is 16.8 Å². The highest BCUT2D eigenvalue weighted by Gasteiger charge is 2.17. The average molecular weight is 389 g/mol. The van der Waals surface area contributed by atoms with Crippen LogP contribution in [0.1, 0.15) is 12.6 Å². The van der Waals surface area contributed by atoms with Crippen molar-refractivity contribution in [3.05, 3.63) is 27.0 Å². The minimum absolute atomic E-state index is 0.129. The molecule has 1 amide bonds. The van der Waals surface area contributed by atoms with Gasteiger partial charge in [-0.2, -0.15) is 0 Å². The summed E-state index contributed by atoms with van der Waals surface area (Å²) in [7, 11) is 0. The molecule has 0 saturated heterocycles. The van der Waals surface area contributed by atoms with Crippen LogP contribution in [0.4, 0.5) is 0 Å². The molecule has 1 N–H and O–H groups in total. The normalized spacial score (nSPS) is 10.6. The monoisotopic (exact) mass is 388 g/mol. The van der Waals surface area contributed by atoms with E-state index < -0.39 is 5.97 Å². The van der Waals surface area contributed by atoms with Gasteiger partial charge in [-0.1, -0.05) is 0 Å². The van der Waals surface area contributed by atoms with Crippen LogP contribution >= 0.6 is 38.6 Å². The first kappa shape index (κ1) is 16.1. The molecule has 21 heavy (non-hydrogen) atoms. The molecule has 0 aromatic carbocycles. The van der Waals surface area contributed by atoms with Gasteiger partial charge in [-0.05, 0) is 28.9 Å². The summed E-state index contributed by atoms with van der Waals surface area (Å²) < 4.78 is 1.01. The molecule has 0 aliphatic rings. The van der Waals surface area contributed by atoms with Gasteiger partial charge in [0.2, 0.25) is 5.91 Å². The Morgan fingerprint density at radius 1 is 1.38 bits per heavy atom. The number of hydrogen-bond donors (Lipinski definition) is 1. The van der Waals surface area contributed by atoms with Gasteiger partial charge in [-0.15, -0.1) is 22.7 Å². The second-order valence-corrected chi connectivity index (χ2v) is 6.94. The number of likely N-dealkylation sites (N-methyl/N-ethyl adjacent to an activating group) is 1. The van der Waals surface area contributed by atoms with Crippen molar-refractivity contribution in [3.8, 4) is 9.88 Å². The van der Waals surface area contributed by atoms with Crippen molar-refractivity contribution >= 4 is 50.5 Å². The van der Waals surface area contributed by atoms with Crippen LogP contribution in [0.2, 0.25) is 0 Å². The number of thiazole rings is 1. The molecule has 2 rings (SSSR count). The van der Waals surface area contributed by atoms with Crippen molar-refractivity contribution < 1.29 is 14.7 Å². The molecule has 8 heteroatoms. The number of carbonyl (C=O) groups excluding carboxylic acids is 1. The fourth-order valence-corrected chi connectivity index (χ4v) is 4.06. The third-order valence-electron chi connectivity index (χ3n) is 2.72. The summed E-state index contributed by atoms with van der Waals surface area (Å²) in [6.45, 7) is 1.86.